The second-order valence-corrected chi connectivity index (χ2v) is 12.2. The molecule has 0 aromatic heterocycles. The summed E-state index contributed by atoms with van der Waals surface area (Å²) in [7, 11) is 1.53. The Bertz CT molecular complexity index is 877. The Labute approximate surface area is 240 Å². The molecule has 2 fully saturated rings. The van der Waals surface area contributed by atoms with E-state index in [1.165, 1.54) is 31.6 Å². The molecule has 0 radical (unpaired) electrons. The summed E-state index contributed by atoms with van der Waals surface area (Å²) in [5.41, 5.74) is 8.71. The molecule has 3 rings (SSSR count). The third-order valence-corrected chi connectivity index (χ3v) is 9.06. The molecule has 226 valence electrons. The van der Waals surface area contributed by atoms with Gasteiger partial charge in [-0.3, -0.25) is 9.59 Å². The minimum absolute atomic E-state index is 0.0639. The highest BCUT2D eigenvalue weighted by Gasteiger charge is 2.36. The number of piperidine rings is 1. The normalized spacial score (nSPS) is 30.1. The quantitative estimate of drug-likeness (QED) is 0.165. The number of carbonyl (C=O) groups excluding carboxylic acids is 2. The number of hydrogen-bond donors (Lipinski definition) is 4. The fraction of sp³-hybridized carbons (Fsp3) is 0.806. The molecule has 0 aromatic carbocycles. The number of nitrogens with one attached hydrogen (secondary N) is 1. The summed E-state index contributed by atoms with van der Waals surface area (Å²) in [6, 6.07) is 0. The van der Waals surface area contributed by atoms with E-state index in [-0.39, 0.29) is 30.3 Å². The number of aliphatic hydroxyl groups excluding tert-OH is 2. The second-order valence-electron chi connectivity index (χ2n) is 12.2. The predicted octanol–water partition coefficient (Wildman–Crippen LogP) is 3.61. The highest BCUT2D eigenvalue weighted by molar-refractivity contribution is 5.84. The van der Waals surface area contributed by atoms with Crippen LogP contribution in [0.4, 0.5) is 0 Å². The average molecular weight is 563 g/mol. The fourth-order valence-corrected chi connectivity index (χ4v) is 6.55. The Hall–Kier alpha value is -1.78. The number of nitrogens with two attached hydrogens (primary N) is 1. The molecule has 9 heteroatoms. The first-order valence-electron chi connectivity index (χ1n) is 15.3. The van der Waals surface area contributed by atoms with Crippen molar-refractivity contribution in [2.24, 2.45) is 28.5 Å². The van der Waals surface area contributed by atoms with E-state index in [0.29, 0.717) is 43.9 Å². The Kier molecular flexibility index (Phi) is 13.6. The van der Waals surface area contributed by atoms with Crippen molar-refractivity contribution in [3.05, 3.63) is 17.7 Å². The van der Waals surface area contributed by atoms with Crippen LogP contribution in [-0.4, -0.2) is 72.4 Å². The van der Waals surface area contributed by atoms with E-state index in [1.54, 1.807) is 0 Å². The van der Waals surface area contributed by atoms with Crippen LogP contribution in [0.25, 0.3) is 0 Å². The molecule has 5 N–H and O–H groups in total. The highest BCUT2D eigenvalue weighted by Crippen LogP contribution is 2.32. The molecule has 40 heavy (non-hydrogen) atoms. The lowest BCUT2D eigenvalue weighted by Gasteiger charge is -2.36. The van der Waals surface area contributed by atoms with Crippen molar-refractivity contribution in [1.82, 2.24) is 5.32 Å². The number of aliphatic hydroxyl groups is 2. The van der Waals surface area contributed by atoms with Gasteiger partial charge in [0.15, 0.2) is 6.21 Å². The van der Waals surface area contributed by atoms with E-state index in [1.807, 2.05) is 12.8 Å². The molecule has 1 saturated carbocycles. The van der Waals surface area contributed by atoms with Gasteiger partial charge in [-0.1, -0.05) is 13.3 Å². The third-order valence-electron chi connectivity index (χ3n) is 9.06. The molecule has 0 spiro atoms. The smallest absolute Gasteiger partial charge is 0.302 e. The molecular formula is C31H52N3O6+. The van der Waals surface area contributed by atoms with Crippen molar-refractivity contribution in [1.29, 1.82) is 0 Å². The van der Waals surface area contributed by atoms with Gasteiger partial charge in [0, 0.05) is 39.7 Å². The van der Waals surface area contributed by atoms with Crippen LogP contribution in [0, 0.1) is 24.3 Å². The van der Waals surface area contributed by atoms with E-state index in [0.717, 1.165) is 45.1 Å². The monoisotopic (exact) mass is 562 g/mol. The SMILES string of the molecule is CC[C@H](CC[C@H](CC(=O)CCC1CC(O)C(O)C(OC)C1)OC(C)=O)CC1=C(CCC2CCNC(N)C2)[CH+]N=C1. The largest absolute Gasteiger partial charge is 0.462 e. The lowest BCUT2D eigenvalue weighted by molar-refractivity contribution is -0.148. The number of aliphatic imine (C=N–C) groups is 1. The third kappa shape index (κ3) is 10.6. The number of rotatable bonds is 16. The van der Waals surface area contributed by atoms with Gasteiger partial charge in [-0.15, -0.1) is 4.99 Å². The van der Waals surface area contributed by atoms with Crippen LogP contribution in [0.1, 0.15) is 97.3 Å². The minimum Gasteiger partial charge on any atom is -0.462 e. The van der Waals surface area contributed by atoms with E-state index in [9.17, 15) is 19.8 Å². The summed E-state index contributed by atoms with van der Waals surface area (Å²) in [6.07, 6.45) is 9.66. The molecule has 6 unspecified atom stereocenters. The average Bonchev–Trinajstić information content (AvgIpc) is 3.36. The number of ether oxygens (including phenoxy) is 2. The minimum atomic E-state index is -0.884. The molecule has 1 saturated heterocycles. The summed E-state index contributed by atoms with van der Waals surface area (Å²) in [6.45, 7) is 6.58. The van der Waals surface area contributed by atoms with Crippen molar-refractivity contribution in [3.63, 3.8) is 0 Å². The maximum Gasteiger partial charge on any atom is 0.302 e. The summed E-state index contributed by atoms with van der Waals surface area (Å²) >= 11 is 0. The zero-order valence-corrected chi connectivity index (χ0v) is 24.7. The summed E-state index contributed by atoms with van der Waals surface area (Å²) in [5, 5.41) is 23.5. The molecule has 0 amide bonds. The molecule has 1 aliphatic carbocycles. The zero-order chi connectivity index (χ0) is 29.1. The number of hydrogen-bond acceptors (Lipinski definition) is 9. The van der Waals surface area contributed by atoms with Crippen molar-refractivity contribution in [2.75, 3.05) is 13.7 Å². The van der Waals surface area contributed by atoms with Crippen LogP contribution >= 0.6 is 0 Å². The topological polar surface area (TPSA) is 143 Å². The van der Waals surface area contributed by atoms with Crippen LogP contribution in [0.5, 0.6) is 0 Å². The number of nitrogens with zero attached hydrogens (tertiary/aromatic N) is 1. The predicted molar refractivity (Wildman–Crippen MR) is 155 cm³/mol. The van der Waals surface area contributed by atoms with Gasteiger partial charge in [0.25, 0.3) is 0 Å². The maximum atomic E-state index is 12.9. The first-order chi connectivity index (χ1) is 19.2. The molecule has 0 aromatic rings. The van der Waals surface area contributed by atoms with Crippen LogP contribution in [-0.2, 0) is 19.1 Å². The van der Waals surface area contributed by atoms with Gasteiger partial charge >= 0.3 is 5.97 Å². The first-order valence-corrected chi connectivity index (χ1v) is 15.3. The van der Waals surface area contributed by atoms with E-state index in [4.69, 9.17) is 15.2 Å². The Morgan fingerprint density at radius 3 is 2.70 bits per heavy atom. The maximum absolute atomic E-state index is 12.9. The summed E-state index contributed by atoms with van der Waals surface area (Å²) in [4.78, 5) is 29.1. The van der Waals surface area contributed by atoms with Gasteiger partial charge in [0.2, 0.25) is 0 Å². The lowest BCUT2D eigenvalue weighted by Crippen LogP contribution is -2.45. The Balaban J connectivity index is 1.46. The van der Waals surface area contributed by atoms with Gasteiger partial charge < -0.3 is 30.7 Å². The molecular weight excluding hydrogens is 510 g/mol. The van der Waals surface area contributed by atoms with Crippen molar-refractivity contribution >= 4 is 18.0 Å². The number of ketones is 1. The highest BCUT2D eigenvalue weighted by atomic mass is 16.5. The standard InChI is InChI=1S/C31H52N3O6/c1-4-21(13-25-19-33-18-24(25)8-5-22-11-12-34-30(32)16-22)7-10-27(40-20(2)35)17-26(36)9-6-23-14-28(37)31(38)29(15-23)39-3/h18-19,21-23,27-31,34,37-38H,4-17,32H2,1-3H3/q+1/t21-,22?,23?,27-,28?,29?,30?,31?/m1/s1. The van der Waals surface area contributed by atoms with E-state index < -0.39 is 24.4 Å². The Morgan fingerprint density at radius 2 is 2.00 bits per heavy atom. The lowest BCUT2D eigenvalue weighted by atomic mass is 9.80. The van der Waals surface area contributed by atoms with E-state index >= 15 is 0 Å². The van der Waals surface area contributed by atoms with Crippen LogP contribution in [0.3, 0.4) is 0 Å². The summed E-state index contributed by atoms with van der Waals surface area (Å²) < 4.78 is 10.9. The van der Waals surface area contributed by atoms with E-state index in [2.05, 4.69) is 17.2 Å². The van der Waals surface area contributed by atoms with Gasteiger partial charge in [-0.25, -0.2) is 0 Å². The van der Waals surface area contributed by atoms with Crippen molar-refractivity contribution in [3.8, 4) is 0 Å². The van der Waals surface area contributed by atoms with Crippen molar-refractivity contribution in [2.45, 2.75) is 128 Å². The zero-order valence-electron chi connectivity index (χ0n) is 24.7. The number of Topliss-reactive ketones (excluding diaryl/α,β-unsaturated/α-hetero) is 1. The van der Waals surface area contributed by atoms with Crippen molar-refractivity contribution < 1.29 is 29.3 Å². The molecule has 8 atom stereocenters. The number of esters is 1. The van der Waals surface area contributed by atoms with Gasteiger partial charge in [0.1, 0.15) is 30.1 Å². The summed E-state index contributed by atoms with van der Waals surface area (Å²) in [5.74, 6) is 0.888. The van der Waals surface area contributed by atoms with Gasteiger partial charge in [-0.05, 0) is 75.7 Å². The van der Waals surface area contributed by atoms with Crippen LogP contribution < -0.4 is 11.1 Å². The first kappa shape index (κ1) is 32.7. The molecule has 2 aliphatic heterocycles. The fourth-order valence-electron chi connectivity index (χ4n) is 6.55. The van der Waals surface area contributed by atoms with Crippen LogP contribution in [0.2, 0.25) is 0 Å². The number of allylic oxidation sites excluding steroid dienone is 1. The van der Waals surface area contributed by atoms with Gasteiger partial charge in [-0.2, -0.15) is 0 Å². The number of carbonyl (C=O) groups is 2. The Morgan fingerprint density at radius 1 is 1.20 bits per heavy atom. The second kappa shape index (κ2) is 16.6. The molecule has 2 heterocycles. The number of methoxy groups -OCH3 is 1. The van der Waals surface area contributed by atoms with Gasteiger partial charge in [0.05, 0.1) is 23.9 Å². The molecule has 9 nitrogen and oxygen atoms in total. The molecule has 0 bridgehead atoms. The van der Waals surface area contributed by atoms with Crippen LogP contribution in [0.15, 0.2) is 16.1 Å². The molecule has 3 aliphatic rings.